The second-order valence-electron chi connectivity index (χ2n) is 5.61. The monoisotopic (exact) mass is 295 g/mol. The molecule has 0 saturated carbocycles. The minimum atomic E-state index is -0.128. The largest absolute Gasteiger partial charge is 0.337 e. The molecule has 2 aromatic rings. The number of hydrogen-bond donors (Lipinski definition) is 1. The molecule has 114 valence electrons. The van der Waals surface area contributed by atoms with Crippen LogP contribution in [0.2, 0.25) is 0 Å². The standard InChI is InChI=1S/C18H21N3O/c1-2-21(13-14-7-9-19-10-8-14)18(22)17-11-15-5-3-4-6-16(15)12-20-17/h3-10,17,20H,2,11-13H2,1H3. The molecule has 1 aromatic carbocycles. The zero-order valence-corrected chi connectivity index (χ0v) is 12.8. The highest BCUT2D eigenvalue weighted by molar-refractivity contribution is 5.82. The van der Waals surface area contributed by atoms with Crippen molar-refractivity contribution >= 4 is 5.91 Å². The fraction of sp³-hybridized carbons (Fsp3) is 0.333. The van der Waals surface area contributed by atoms with Gasteiger partial charge in [0.05, 0.1) is 6.04 Å². The number of benzene rings is 1. The van der Waals surface area contributed by atoms with E-state index in [1.807, 2.05) is 36.1 Å². The van der Waals surface area contributed by atoms with Crippen molar-refractivity contribution < 1.29 is 4.79 Å². The number of carbonyl (C=O) groups excluding carboxylic acids is 1. The summed E-state index contributed by atoms with van der Waals surface area (Å²) in [6, 6.07) is 12.1. The number of fused-ring (bicyclic) bond motifs is 1. The van der Waals surface area contributed by atoms with Crippen molar-refractivity contribution in [2.24, 2.45) is 0 Å². The smallest absolute Gasteiger partial charge is 0.240 e. The van der Waals surface area contributed by atoms with Gasteiger partial charge in [-0.15, -0.1) is 0 Å². The molecule has 1 unspecified atom stereocenters. The van der Waals surface area contributed by atoms with Crippen LogP contribution in [0.4, 0.5) is 0 Å². The number of nitrogens with zero attached hydrogens (tertiary/aromatic N) is 2. The average Bonchev–Trinajstić information content (AvgIpc) is 2.59. The Bertz CT molecular complexity index is 638. The summed E-state index contributed by atoms with van der Waals surface area (Å²) in [6.45, 7) is 4.13. The van der Waals surface area contributed by atoms with E-state index >= 15 is 0 Å². The molecule has 22 heavy (non-hydrogen) atoms. The summed E-state index contributed by atoms with van der Waals surface area (Å²) in [6.07, 6.45) is 4.30. The summed E-state index contributed by atoms with van der Waals surface area (Å²) in [5.74, 6) is 0.175. The van der Waals surface area contributed by atoms with E-state index in [0.717, 1.165) is 18.5 Å². The van der Waals surface area contributed by atoms with Crippen LogP contribution in [0.5, 0.6) is 0 Å². The lowest BCUT2D eigenvalue weighted by molar-refractivity contribution is -0.134. The van der Waals surface area contributed by atoms with E-state index in [2.05, 4.69) is 22.4 Å². The number of hydrogen-bond acceptors (Lipinski definition) is 3. The predicted octanol–water partition coefficient (Wildman–Crippen LogP) is 2.14. The first-order valence-corrected chi connectivity index (χ1v) is 7.75. The van der Waals surface area contributed by atoms with Crippen molar-refractivity contribution in [1.29, 1.82) is 0 Å². The first kappa shape index (κ1) is 14.7. The van der Waals surface area contributed by atoms with Gasteiger partial charge in [-0.2, -0.15) is 0 Å². The predicted molar refractivity (Wildman–Crippen MR) is 86.1 cm³/mol. The fourth-order valence-corrected chi connectivity index (χ4v) is 2.90. The third-order valence-corrected chi connectivity index (χ3v) is 4.20. The second-order valence-corrected chi connectivity index (χ2v) is 5.61. The summed E-state index contributed by atoms with van der Waals surface area (Å²) in [5, 5.41) is 3.37. The van der Waals surface area contributed by atoms with Gasteiger partial charge in [0.25, 0.3) is 0 Å². The van der Waals surface area contributed by atoms with Crippen molar-refractivity contribution in [2.45, 2.75) is 32.5 Å². The summed E-state index contributed by atoms with van der Waals surface area (Å²) in [4.78, 5) is 18.7. The second kappa shape index (κ2) is 6.71. The molecule has 2 heterocycles. The van der Waals surface area contributed by atoms with Gasteiger partial charge < -0.3 is 10.2 Å². The van der Waals surface area contributed by atoms with E-state index in [0.29, 0.717) is 13.1 Å². The molecule has 1 aliphatic heterocycles. The van der Waals surface area contributed by atoms with Crippen molar-refractivity contribution in [3.63, 3.8) is 0 Å². The van der Waals surface area contributed by atoms with Crippen LogP contribution in [0.1, 0.15) is 23.6 Å². The highest BCUT2D eigenvalue weighted by atomic mass is 16.2. The molecule has 3 rings (SSSR count). The van der Waals surface area contributed by atoms with Gasteiger partial charge in [0, 0.05) is 32.0 Å². The molecule has 0 spiro atoms. The number of nitrogens with one attached hydrogen (secondary N) is 1. The topological polar surface area (TPSA) is 45.2 Å². The molecule has 4 heteroatoms. The third-order valence-electron chi connectivity index (χ3n) is 4.20. The van der Waals surface area contributed by atoms with Crippen LogP contribution in [-0.4, -0.2) is 28.4 Å². The maximum atomic E-state index is 12.8. The number of aromatic nitrogens is 1. The molecule has 1 aromatic heterocycles. The zero-order chi connectivity index (χ0) is 15.4. The maximum Gasteiger partial charge on any atom is 0.240 e. The van der Waals surface area contributed by atoms with Crippen LogP contribution in [0.25, 0.3) is 0 Å². The van der Waals surface area contributed by atoms with Gasteiger partial charge in [-0.1, -0.05) is 24.3 Å². The maximum absolute atomic E-state index is 12.8. The summed E-state index contributed by atoms with van der Waals surface area (Å²) in [7, 11) is 0. The Morgan fingerprint density at radius 2 is 1.95 bits per heavy atom. The van der Waals surface area contributed by atoms with Crippen LogP contribution in [0, 0.1) is 0 Å². The molecule has 0 saturated heterocycles. The summed E-state index contributed by atoms with van der Waals surface area (Å²) >= 11 is 0. The van der Waals surface area contributed by atoms with Gasteiger partial charge in [0.15, 0.2) is 0 Å². The number of carbonyl (C=O) groups is 1. The lowest BCUT2D eigenvalue weighted by Crippen LogP contribution is -2.49. The minimum absolute atomic E-state index is 0.128. The van der Waals surface area contributed by atoms with E-state index in [-0.39, 0.29) is 11.9 Å². The molecule has 0 radical (unpaired) electrons. The molecule has 1 aliphatic rings. The van der Waals surface area contributed by atoms with Crippen molar-refractivity contribution in [3.05, 3.63) is 65.5 Å². The van der Waals surface area contributed by atoms with Crippen LogP contribution in [-0.2, 0) is 24.3 Å². The SMILES string of the molecule is CCN(Cc1ccncc1)C(=O)C1Cc2ccccc2CN1. The highest BCUT2D eigenvalue weighted by Crippen LogP contribution is 2.18. The van der Waals surface area contributed by atoms with Crippen LogP contribution in [0.15, 0.2) is 48.8 Å². The Balaban J connectivity index is 1.70. The average molecular weight is 295 g/mol. The molecule has 4 nitrogen and oxygen atoms in total. The Kier molecular flexibility index (Phi) is 4.49. The lowest BCUT2D eigenvalue weighted by atomic mass is 9.95. The fourth-order valence-electron chi connectivity index (χ4n) is 2.90. The minimum Gasteiger partial charge on any atom is -0.337 e. The highest BCUT2D eigenvalue weighted by Gasteiger charge is 2.27. The first-order chi connectivity index (χ1) is 10.8. The van der Waals surface area contributed by atoms with E-state index < -0.39 is 0 Å². The number of amides is 1. The first-order valence-electron chi connectivity index (χ1n) is 7.75. The van der Waals surface area contributed by atoms with Crippen LogP contribution >= 0.6 is 0 Å². The normalized spacial score (nSPS) is 16.9. The molecule has 0 aliphatic carbocycles. The van der Waals surface area contributed by atoms with Gasteiger partial charge in [0.1, 0.15) is 0 Å². The van der Waals surface area contributed by atoms with E-state index in [9.17, 15) is 4.79 Å². The van der Waals surface area contributed by atoms with Crippen LogP contribution in [0.3, 0.4) is 0 Å². The lowest BCUT2D eigenvalue weighted by Gasteiger charge is -2.30. The van der Waals surface area contributed by atoms with Gasteiger partial charge in [-0.25, -0.2) is 0 Å². The molecular weight excluding hydrogens is 274 g/mol. The van der Waals surface area contributed by atoms with E-state index in [4.69, 9.17) is 0 Å². The van der Waals surface area contributed by atoms with Crippen molar-refractivity contribution in [3.8, 4) is 0 Å². The number of likely N-dealkylation sites (N-methyl/N-ethyl adjacent to an activating group) is 1. The van der Waals surface area contributed by atoms with Crippen molar-refractivity contribution in [2.75, 3.05) is 6.54 Å². The zero-order valence-electron chi connectivity index (χ0n) is 12.8. The van der Waals surface area contributed by atoms with E-state index in [1.54, 1.807) is 12.4 Å². The van der Waals surface area contributed by atoms with Gasteiger partial charge in [-0.05, 0) is 42.2 Å². The Morgan fingerprint density at radius 1 is 1.23 bits per heavy atom. The molecule has 0 bridgehead atoms. The Morgan fingerprint density at radius 3 is 2.68 bits per heavy atom. The Hall–Kier alpha value is -2.20. The third kappa shape index (κ3) is 3.17. The van der Waals surface area contributed by atoms with Gasteiger partial charge >= 0.3 is 0 Å². The summed E-state index contributed by atoms with van der Waals surface area (Å²) in [5.41, 5.74) is 3.68. The summed E-state index contributed by atoms with van der Waals surface area (Å²) < 4.78 is 0. The molecule has 1 atom stereocenters. The quantitative estimate of drug-likeness (QED) is 0.940. The number of rotatable bonds is 4. The number of pyridine rings is 1. The molecule has 0 fully saturated rings. The Labute approximate surface area is 131 Å². The molecular formula is C18H21N3O. The molecule has 1 amide bonds. The van der Waals surface area contributed by atoms with Crippen LogP contribution < -0.4 is 5.32 Å². The van der Waals surface area contributed by atoms with Crippen molar-refractivity contribution in [1.82, 2.24) is 15.2 Å². The van der Waals surface area contributed by atoms with Gasteiger partial charge in [-0.3, -0.25) is 9.78 Å². The molecule has 1 N–H and O–H groups in total. The van der Waals surface area contributed by atoms with Gasteiger partial charge in [0.2, 0.25) is 5.91 Å². The van der Waals surface area contributed by atoms with E-state index in [1.165, 1.54) is 11.1 Å².